The lowest BCUT2D eigenvalue weighted by Crippen LogP contribution is -2.50. The molecule has 4 nitrogen and oxygen atoms in total. The topological polar surface area (TPSA) is 49.4 Å². The third-order valence-electron chi connectivity index (χ3n) is 6.60. The van der Waals surface area contributed by atoms with E-state index in [0.717, 1.165) is 23.1 Å². The first-order valence-corrected chi connectivity index (χ1v) is 14.0. The van der Waals surface area contributed by atoms with Gasteiger partial charge in [-0.3, -0.25) is 9.59 Å². The van der Waals surface area contributed by atoms with E-state index in [1.54, 1.807) is 17.0 Å². The molecule has 0 aliphatic carbocycles. The molecule has 0 radical (unpaired) electrons. The Morgan fingerprint density at radius 2 is 1.53 bits per heavy atom. The van der Waals surface area contributed by atoms with Crippen molar-refractivity contribution in [1.82, 2.24) is 10.2 Å². The van der Waals surface area contributed by atoms with Crippen LogP contribution in [-0.2, 0) is 34.4 Å². The molecule has 202 valence electrons. The van der Waals surface area contributed by atoms with Crippen LogP contribution in [0.1, 0.15) is 62.8 Å². The number of halogens is 2. The van der Waals surface area contributed by atoms with Gasteiger partial charge in [0.25, 0.3) is 0 Å². The van der Waals surface area contributed by atoms with Crippen LogP contribution in [0.2, 0.25) is 10.0 Å². The first-order valence-electron chi connectivity index (χ1n) is 13.2. The summed E-state index contributed by atoms with van der Waals surface area (Å²) in [5.74, 6) is -0.234. The van der Waals surface area contributed by atoms with Crippen molar-refractivity contribution in [1.29, 1.82) is 0 Å². The van der Waals surface area contributed by atoms with E-state index in [0.29, 0.717) is 35.9 Å². The van der Waals surface area contributed by atoms with Crippen LogP contribution in [0, 0.1) is 0 Å². The van der Waals surface area contributed by atoms with E-state index in [-0.39, 0.29) is 23.8 Å². The largest absolute Gasteiger partial charge is 0.354 e. The molecule has 0 bridgehead atoms. The van der Waals surface area contributed by atoms with Gasteiger partial charge in [-0.1, -0.05) is 112 Å². The molecule has 3 rings (SSSR count). The molecule has 6 heteroatoms. The lowest BCUT2D eigenvalue weighted by Gasteiger charge is -2.32. The van der Waals surface area contributed by atoms with E-state index in [4.69, 9.17) is 23.2 Å². The van der Waals surface area contributed by atoms with Gasteiger partial charge in [0.1, 0.15) is 6.04 Å². The van der Waals surface area contributed by atoms with Gasteiger partial charge in [0.2, 0.25) is 11.8 Å². The Morgan fingerprint density at radius 3 is 2.13 bits per heavy atom. The second-order valence-electron chi connectivity index (χ2n) is 10.7. The number of nitrogens with one attached hydrogen (secondary N) is 1. The highest BCUT2D eigenvalue weighted by Crippen LogP contribution is 2.25. The second kappa shape index (κ2) is 13.8. The van der Waals surface area contributed by atoms with Crippen LogP contribution in [0.15, 0.2) is 72.8 Å². The summed E-state index contributed by atoms with van der Waals surface area (Å²) < 4.78 is 0. The van der Waals surface area contributed by atoms with Gasteiger partial charge < -0.3 is 10.2 Å². The Kier molecular flexibility index (Phi) is 10.8. The maximum absolute atomic E-state index is 13.8. The Morgan fingerprint density at radius 1 is 0.868 bits per heavy atom. The van der Waals surface area contributed by atoms with Crippen molar-refractivity contribution < 1.29 is 9.59 Å². The Labute approximate surface area is 237 Å². The molecule has 2 amide bonds. The standard InChI is InChI=1S/C32H38Cl2N2O2/c1-5-19-35-31(38)29(21-24-9-7-6-8-10-24)36(22-25-13-17-27(33)28(34)20-25)30(37)18-14-23-11-15-26(16-12-23)32(2,3)4/h6-13,15-17,20,29H,5,14,18-19,21-22H2,1-4H3,(H,35,38)/t29-/m0/s1. The van der Waals surface area contributed by atoms with Crippen LogP contribution in [0.25, 0.3) is 0 Å². The zero-order chi connectivity index (χ0) is 27.7. The van der Waals surface area contributed by atoms with Crippen molar-refractivity contribution >= 4 is 35.0 Å². The Bertz CT molecular complexity index is 1200. The van der Waals surface area contributed by atoms with E-state index in [2.05, 4.69) is 50.4 Å². The average molecular weight is 554 g/mol. The summed E-state index contributed by atoms with van der Waals surface area (Å²) in [6, 6.07) is 22.9. The van der Waals surface area contributed by atoms with Crippen LogP contribution in [0.4, 0.5) is 0 Å². The Hall–Kier alpha value is -2.82. The molecular formula is C32H38Cl2N2O2. The summed E-state index contributed by atoms with van der Waals surface area (Å²) in [7, 11) is 0. The highest BCUT2D eigenvalue weighted by atomic mass is 35.5. The van der Waals surface area contributed by atoms with E-state index in [9.17, 15) is 9.59 Å². The number of nitrogens with zero attached hydrogens (tertiary/aromatic N) is 1. The van der Waals surface area contributed by atoms with E-state index in [1.165, 1.54) is 5.56 Å². The molecule has 3 aromatic rings. The zero-order valence-corrected chi connectivity index (χ0v) is 24.3. The van der Waals surface area contributed by atoms with Gasteiger partial charge in [-0.25, -0.2) is 0 Å². The van der Waals surface area contributed by atoms with E-state index < -0.39 is 6.04 Å². The van der Waals surface area contributed by atoms with Crippen molar-refractivity contribution in [3.05, 3.63) is 105 Å². The SMILES string of the molecule is CCCNC(=O)[C@H](Cc1ccccc1)N(Cc1ccc(Cl)c(Cl)c1)C(=O)CCc1ccc(C(C)(C)C)cc1. The quantitative estimate of drug-likeness (QED) is 0.269. The molecule has 0 spiro atoms. The minimum absolute atomic E-state index is 0.0709. The predicted octanol–water partition coefficient (Wildman–Crippen LogP) is 7.39. The summed E-state index contributed by atoms with van der Waals surface area (Å²) in [4.78, 5) is 28.9. The molecule has 0 heterocycles. The number of carbonyl (C=O) groups excluding carboxylic acids is 2. The first-order chi connectivity index (χ1) is 18.1. The van der Waals surface area contributed by atoms with Gasteiger partial charge in [0.15, 0.2) is 0 Å². The highest BCUT2D eigenvalue weighted by Gasteiger charge is 2.30. The van der Waals surface area contributed by atoms with Crippen LogP contribution in [-0.4, -0.2) is 29.3 Å². The Balaban J connectivity index is 1.88. The summed E-state index contributed by atoms with van der Waals surface area (Å²) in [5, 5.41) is 3.88. The zero-order valence-electron chi connectivity index (χ0n) is 22.8. The van der Waals surface area contributed by atoms with Gasteiger partial charge in [-0.05, 0) is 52.6 Å². The minimum atomic E-state index is -0.658. The number of hydrogen-bond donors (Lipinski definition) is 1. The van der Waals surface area contributed by atoms with Crippen molar-refractivity contribution in [2.24, 2.45) is 0 Å². The molecular weight excluding hydrogens is 515 g/mol. The summed E-state index contributed by atoms with van der Waals surface area (Å²) in [5.41, 5.74) is 4.24. The van der Waals surface area contributed by atoms with Gasteiger partial charge in [0.05, 0.1) is 10.0 Å². The lowest BCUT2D eigenvalue weighted by molar-refractivity contribution is -0.141. The smallest absolute Gasteiger partial charge is 0.243 e. The van der Waals surface area contributed by atoms with Crippen LogP contribution >= 0.6 is 23.2 Å². The molecule has 3 aromatic carbocycles. The summed E-state index contributed by atoms with van der Waals surface area (Å²) in [6.07, 6.45) is 2.12. The second-order valence-corrected chi connectivity index (χ2v) is 11.5. The fourth-order valence-corrected chi connectivity index (χ4v) is 4.64. The predicted molar refractivity (Wildman–Crippen MR) is 158 cm³/mol. The van der Waals surface area contributed by atoms with Crippen molar-refractivity contribution in [2.45, 2.75) is 71.4 Å². The molecule has 1 atom stereocenters. The third kappa shape index (κ3) is 8.61. The molecule has 0 aliphatic heterocycles. The molecule has 0 saturated heterocycles. The van der Waals surface area contributed by atoms with Gasteiger partial charge in [-0.2, -0.15) is 0 Å². The maximum atomic E-state index is 13.8. The van der Waals surface area contributed by atoms with Gasteiger partial charge in [0, 0.05) is 25.9 Å². The average Bonchev–Trinajstić information content (AvgIpc) is 2.90. The normalized spacial score (nSPS) is 12.2. The van der Waals surface area contributed by atoms with Gasteiger partial charge in [-0.15, -0.1) is 0 Å². The number of benzene rings is 3. The van der Waals surface area contributed by atoms with E-state index in [1.807, 2.05) is 43.3 Å². The molecule has 1 N–H and O–H groups in total. The molecule has 0 aromatic heterocycles. The van der Waals surface area contributed by atoms with Crippen molar-refractivity contribution in [2.75, 3.05) is 6.54 Å². The van der Waals surface area contributed by atoms with Gasteiger partial charge >= 0.3 is 0 Å². The van der Waals surface area contributed by atoms with Crippen LogP contribution in [0.5, 0.6) is 0 Å². The van der Waals surface area contributed by atoms with E-state index >= 15 is 0 Å². The monoisotopic (exact) mass is 552 g/mol. The van der Waals surface area contributed by atoms with Crippen molar-refractivity contribution in [3.63, 3.8) is 0 Å². The summed E-state index contributed by atoms with van der Waals surface area (Å²) in [6.45, 7) is 9.37. The molecule has 0 fully saturated rings. The number of carbonyl (C=O) groups is 2. The van der Waals surface area contributed by atoms with Crippen LogP contribution < -0.4 is 5.32 Å². The third-order valence-corrected chi connectivity index (χ3v) is 7.34. The van der Waals surface area contributed by atoms with Crippen LogP contribution in [0.3, 0.4) is 0 Å². The fraction of sp³-hybridized carbons (Fsp3) is 0.375. The highest BCUT2D eigenvalue weighted by molar-refractivity contribution is 6.42. The minimum Gasteiger partial charge on any atom is -0.354 e. The summed E-state index contributed by atoms with van der Waals surface area (Å²) >= 11 is 12.4. The first kappa shape index (κ1) is 29.7. The maximum Gasteiger partial charge on any atom is 0.243 e. The molecule has 0 unspecified atom stereocenters. The number of hydrogen-bond acceptors (Lipinski definition) is 2. The number of rotatable bonds is 11. The molecule has 0 aliphatic rings. The fourth-order valence-electron chi connectivity index (χ4n) is 4.32. The lowest BCUT2D eigenvalue weighted by atomic mass is 9.86. The number of amides is 2. The molecule has 38 heavy (non-hydrogen) atoms. The number of aryl methyl sites for hydroxylation is 1. The molecule has 0 saturated carbocycles. The van der Waals surface area contributed by atoms with Crippen molar-refractivity contribution in [3.8, 4) is 0 Å².